The Morgan fingerprint density at radius 2 is 2.15 bits per heavy atom. The highest BCUT2D eigenvalue weighted by Crippen LogP contribution is 2.17. The topological polar surface area (TPSA) is 76.1 Å². The Bertz CT molecular complexity index is 333. The lowest BCUT2D eigenvalue weighted by Gasteiger charge is -2.16. The second-order valence-corrected chi connectivity index (χ2v) is 5.12. The number of rotatable bonds is 6. The highest BCUT2D eigenvalue weighted by atomic mass is 35.5. The third kappa shape index (κ3) is 4.92. The Balaban J connectivity index is 0.00000200. The van der Waals surface area contributed by atoms with Crippen LogP contribution in [0.25, 0.3) is 0 Å². The van der Waals surface area contributed by atoms with Gasteiger partial charge in [0, 0.05) is 19.7 Å². The standard InChI is InChI=1S/C13H21NO5.ClH/c15-12(14-5-3-10(8-14)13(16)17)4-7-18-9-11-2-1-6-19-11;/h10-11H,1-9H2,(H,16,17);1H. The Labute approximate surface area is 124 Å². The smallest absolute Gasteiger partial charge is 0.308 e. The lowest BCUT2D eigenvalue weighted by molar-refractivity contribution is -0.141. The van der Waals surface area contributed by atoms with Gasteiger partial charge in [0.25, 0.3) is 0 Å². The summed E-state index contributed by atoms with van der Waals surface area (Å²) in [6.45, 7) is 2.61. The van der Waals surface area contributed by atoms with Crippen LogP contribution in [-0.4, -0.2) is 60.9 Å². The van der Waals surface area contributed by atoms with Crippen molar-refractivity contribution in [1.29, 1.82) is 0 Å². The van der Waals surface area contributed by atoms with Gasteiger partial charge in [-0.2, -0.15) is 0 Å². The summed E-state index contributed by atoms with van der Waals surface area (Å²) in [5, 5.41) is 8.87. The van der Waals surface area contributed by atoms with Crippen LogP contribution < -0.4 is 0 Å². The lowest BCUT2D eigenvalue weighted by Crippen LogP contribution is -2.30. The second kappa shape index (κ2) is 8.44. The van der Waals surface area contributed by atoms with Crippen LogP contribution in [0.4, 0.5) is 0 Å². The molecule has 116 valence electrons. The minimum atomic E-state index is -0.815. The van der Waals surface area contributed by atoms with Crippen molar-refractivity contribution in [3.8, 4) is 0 Å². The van der Waals surface area contributed by atoms with Crippen molar-refractivity contribution in [3.63, 3.8) is 0 Å². The monoisotopic (exact) mass is 307 g/mol. The first-order valence-corrected chi connectivity index (χ1v) is 6.86. The van der Waals surface area contributed by atoms with Crippen LogP contribution in [0.1, 0.15) is 25.7 Å². The molecule has 0 spiro atoms. The summed E-state index contributed by atoms with van der Waals surface area (Å²) in [6.07, 6.45) is 3.16. The lowest BCUT2D eigenvalue weighted by atomic mass is 10.1. The van der Waals surface area contributed by atoms with Crippen LogP contribution in [0.2, 0.25) is 0 Å². The van der Waals surface area contributed by atoms with E-state index in [0.717, 1.165) is 19.4 Å². The molecule has 2 unspecified atom stereocenters. The number of hydrogen-bond donors (Lipinski definition) is 1. The summed E-state index contributed by atoms with van der Waals surface area (Å²) in [6, 6.07) is 0. The summed E-state index contributed by atoms with van der Waals surface area (Å²) in [5.74, 6) is -1.24. The molecule has 2 rings (SSSR count). The molecule has 0 aromatic rings. The van der Waals surface area contributed by atoms with E-state index in [9.17, 15) is 9.59 Å². The van der Waals surface area contributed by atoms with Gasteiger partial charge in [-0.1, -0.05) is 0 Å². The fourth-order valence-electron chi connectivity index (χ4n) is 2.50. The fourth-order valence-corrected chi connectivity index (χ4v) is 2.50. The molecule has 2 aliphatic heterocycles. The van der Waals surface area contributed by atoms with Gasteiger partial charge in [0.15, 0.2) is 0 Å². The minimum Gasteiger partial charge on any atom is -0.481 e. The van der Waals surface area contributed by atoms with Crippen molar-refractivity contribution in [2.75, 3.05) is 32.9 Å². The molecule has 0 aliphatic carbocycles. The van der Waals surface area contributed by atoms with Gasteiger partial charge < -0.3 is 19.5 Å². The van der Waals surface area contributed by atoms with Crippen LogP contribution >= 0.6 is 12.4 Å². The number of carbonyl (C=O) groups is 2. The Kier molecular flexibility index (Phi) is 7.26. The second-order valence-electron chi connectivity index (χ2n) is 5.12. The molecular formula is C13H22ClNO5. The molecule has 7 heteroatoms. The average molecular weight is 308 g/mol. The first kappa shape index (κ1) is 17.2. The molecule has 20 heavy (non-hydrogen) atoms. The van der Waals surface area contributed by atoms with E-state index in [1.54, 1.807) is 4.90 Å². The van der Waals surface area contributed by atoms with Gasteiger partial charge in [0.05, 0.1) is 31.7 Å². The van der Waals surface area contributed by atoms with Crippen molar-refractivity contribution in [2.24, 2.45) is 5.92 Å². The molecule has 2 heterocycles. The molecule has 0 bridgehead atoms. The van der Waals surface area contributed by atoms with Gasteiger partial charge in [0.1, 0.15) is 0 Å². The number of carbonyl (C=O) groups excluding carboxylic acids is 1. The van der Waals surface area contributed by atoms with E-state index in [1.807, 2.05) is 0 Å². The number of ether oxygens (including phenoxy) is 2. The zero-order chi connectivity index (χ0) is 13.7. The Hall–Kier alpha value is -0.850. The van der Waals surface area contributed by atoms with Crippen LogP contribution in [0.3, 0.4) is 0 Å². The molecule has 1 amide bonds. The number of halogens is 1. The van der Waals surface area contributed by atoms with Crippen molar-refractivity contribution >= 4 is 24.3 Å². The molecule has 2 fully saturated rings. The van der Waals surface area contributed by atoms with Gasteiger partial charge in [0.2, 0.25) is 5.91 Å². The van der Waals surface area contributed by atoms with Gasteiger partial charge >= 0.3 is 5.97 Å². The predicted octanol–water partition coefficient (Wildman–Crippen LogP) is 0.927. The Morgan fingerprint density at radius 1 is 1.35 bits per heavy atom. The van der Waals surface area contributed by atoms with Gasteiger partial charge in [-0.05, 0) is 19.3 Å². The van der Waals surface area contributed by atoms with E-state index >= 15 is 0 Å². The van der Waals surface area contributed by atoms with Crippen molar-refractivity contribution < 1.29 is 24.2 Å². The first-order chi connectivity index (χ1) is 9.16. The van der Waals surface area contributed by atoms with Crippen molar-refractivity contribution in [2.45, 2.75) is 31.8 Å². The summed E-state index contributed by atoms with van der Waals surface area (Å²) in [4.78, 5) is 24.3. The molecule has 1 N–H and O–H groups in total. The molecule has 6 nitrogen and oxygen atoms in total. The summed E-state index contributed by atoms with van der Waals surface area (Å²) >= 11 is 0. The maximum atomic E-state index is 11.8. The molecule has 0 saturated carbocycles. The largest absolute Gasteiger partial charge is 0.481 e. The van der Waals surface area contributed by atoms with Crippen molar-refractivity contribution in [3.05, 3.63) is 0 Å². The normalized spacial score (nSPS) is 25.5. The van der Waals surface area contributed by atoms with Crippen molar-refractivity contribution in [1.82, 2.24) is 4.90 Å². The molecule has 0 aromatic carbocycles. The van der Waals surface area contributed by atoms with E-state index in [2.05, 4.69) is 0 Å². The molecule has 0 radical (unpaired) electrons. The van der Waals surface area contributed by atoms with Gasteiger partial charge in [-0.3, -0.25) is 9.59 Å². The third-order valence-electron chi connectivity index (χ3n) is 3.68. The van der Waals surface area contributed by atoms with E-state index in [0.29, 0.717) is 39.1 Å². The molecular weight excluding hydrogens is 286 g/mol. The summed E-state index contributed by atoms with van der Waals surface area (Å²) in [7, 11) is 0. The number of carboxylic acids is 1. The predicted molar refractivity (Wildman–Crippen MR) is 74.0 cm³/mol. The van der Waals surface area contributed by atoms with Crippen LogP contribution in [0, 0.1) is 5.92 Å². The number of hydrogen-bond acceptors (Lipinski definition) is 4. The first-order valence-electron chi connectivity index (χ1n) is 6.86. The number of amides is 1. The molecule has 0 aromatic heterocycles. The average Bonchev–Trinajstić information content (AvgIpc) is 3.05. The molecule has 2 saturated heterocycles. The van der Waals surface area contributed by atoms with Crippen LogP contribution in [0.5, 0.6) is 0 Å². The van der Waals surface area contributed by atoms with Gasteiger partial charge in [-0.15, -0.1) is 12.4 Å². The quantitative estimate of drug-likeness (QED) is 0.739. The third-order valence-corrected chi connectivity index (χ3v) is 3.68. The molecule has 2 atom stereocenters. The summed E-state index contributed by atoms with van der Waals surface area (Å²) in [5.41, 5.74) is 0. The maximum absolute atomic E-state index is 11.8. The SMILES string of the molecule is Cl.O=C(O)C1CCN(C(=O)CCOCC2CCCO2)C1. The van der Waals surface area contributed by atoms with Crippen LogP contribution in [0.15, 0.2) is 0 Å². The summed E-state index contributed by atoms with van der Waals surface area (Å²) < 4.78 is 10.8. The molecule has 2 aliphatic rings. The fraction of sp³-hybridized carbons (Fsp3) is 0.846. The highest BCUT2D eigenvalue weighted by molar-refractivity contribution is 5.85. The maximum Gasteiger partial charge on any atom is 0.308 e. The van der Waals surface area contributed by atoms with E-state index < -0.39 is 11.9 Å². The van der Waals surface area contributed by atoms with E-state index in [4.69, 9.17) is 14.6 Å². The zero-order valence-electron chi connectivity index (χ0n) is 11.5. The van der Waals surface area contributed by atoms with E-state index in [1.165, 1.54) is 0 Å². The number of likely N-dealkylation sites (tertiary alicyclic amines) is 1. The van der Waals surface area contributed by atoms with Gasteiger partial charge in [-0.25, -0.2) is 0 Å². The Morgan fingerprint density at radius 3 is 2.75 bits per heavy atom. The number of carboxylic acid groups (broad SMARTS) is 1. The minimum absolute atomic E-state index is 0. The number of aliphatic carboxylic acids is 1. The zero-order valence-corrected chi connectivity index (χ0v) is 12.3. The highest BCUT2D eigenvalue weighted by Gasteiger charge is 2.30. The van der Waals surface area contributed by atoms with E-state index in [-0.39, 0.29) is 24.4 Å². The van der Waals surface area contributed by atoms with Crippen LogP contribution in [-0.2, 0) is 19.1 Å². The number of nitrogens with zero attached hydrogens (tertiary/aromatic N) is 1.